The van der Waals surface area contributed by atoms with Crippen molar-refractivity contribution < 1.29 is 4.52 Å². The van der Waals surface area contributed by atoms with Crippen molar-refractivity contribution in [1.82, 2.24) is 10.6 Å². The standard InChI is InChI=1S/C8H12N4O/c1-5-4-7(12-13-5)8(11-9)10-6-2-3-6/h4,6H,2-3,9H2,1H3,(H,10,11). The topological polar surface area (TPSA) is 76.4 Å². The van der Waals surface area contributed by atoms with E-state index in [0.717, 1.165) is 18.6 Å². The largest absolute Gasteiger partial charge is 0.361 e. The van der Waals surface area contributed by atoms with Crippen LogP contribution in [0.5, 0.6) is 0 Å². The number of hydrazine groups is 1. The van der Waals surface area contributed by atoms with Crippen molar-refractivity contribution in [3.63, 3.8) is 0 Å². The Labute approximate surface area is 76.0 Å². The number of hydrogen-bond donors (Lipinski definition) is 2. The molecule has 1 heterocycles. The zero-order valence-corrected chi connectivity index (χ0v) is 7.45. The Hall–Kier alpha value is -1.36. The first kappa shape index (κ1) is 8.25. The molecule has 1 aliphatic carbocycles. The second-order valence-electron chi connectivity index (χ2n) is 3.18. The first-order valence-electron chi connectivity index (χ1n) is 4.27. The maximum atomic E-state index is 5.33. The van der Waals surface area contributed by atoms with E-state index in [9.17, 15) is 0 Å². The van der Waals surface area contributed by atoms with Crippen LogP contribution in [0.3, 0.4) is 0 Å². The molecule has 5 nitrogen and oxygen atoms in total. The molecule has 3 N–H and O–H groups in total. The molecule has 0 bridgehead atoms. The molecule has 1 aromatic rings. The third-order valence-electron chi connectivity index (χ3n) is 1.87. The Kier molecular flexibility index (Phi) is 2.02. The zero-order valence-electron chi connectivity index (χ0n) is 7.45. The van der Waals surface area contributed by atoms with Crippen molar-refractivity contribution in [2.75, 3.05) is 0 Å². The van der Waals surface area contributed by atoms with E-state index in [4.69, 9.17) is 10.4 Å². The lowest BCUT2D eigenvalue weighted by Crippen LogP contribution is -2.31. The fourth-order valence-corrected chi connectivity index (χ4v) is 1.04. The van der Waals surface area contributed by atoms with Crippen molar-refractivity contribution in [1.29, 1.82) is 0 Å². The van der Waals surface area contributed by atoms with E-state index < -0.39 is 0 Å². The van der Waals surface area contributed by atoms with Crippen LogP contribution >= 0.6 is 0 Å². The molecule has 0 aliphatic heterocycles. The number of hydrogen-bond acceptors (Lipinski definition) is 4. The number of aryl methyl sites for hydroxylation is 1. The molecule has 1 saturated carbocycles. The van der Waals surface area contributed by atoms with Crippen LogP contribution in [-0.4, -0.2) is 17.0 Å². The molecule has 1 fully saturated rings. The minimum absolute atomic E-state index is 0.419. The van der Waals surface area contributed by atoms with E-state index in [0.29, 0.717) is 17.6 Å². The van der Waals surface area contributed by atoms with E-state index >= 15 is 0 Å². The molecular formula is C8H12N4O. The van der Waals surface area contributed by atoms with E-state index in [-0.39, 0.29) is 0 Å². The second kappa shape index (κ2) is 3.18. The van der Waals surface area contributed by atoms with Gasteiger partial charge < -0.3 is 9.95 Å². The molecule has 0 aromatic carbocycles. The molecule has 2 rings (SSSR count). The summed E-state index contributed by atoms with van der Waals surface area (Å²) in [4.78, 5) is 4.35. The molecule has 13 heavy (non-hydrogen) atoms. The summed E-state index contributed by atoms with van der Waals surface area (Å²) in [5.74, 6) is 6.70. The van der Waals surface area contributed by atoms with Gasteiger partial charge in [-0.05, 0) is 19.8 Å². The molecule has 0 saturated heterocycles. The number of amidine groups is 1. The lowest BCUT2D eigenvalue weighted by molar-refractivity contribution is 0.396. The predicted molar refractivity (Wildman–Crippen MR) is 48.1 cm³/mol. The van der Waals surface area contributed by atoms with Gasteiger partial charge in [0.2, 0.25) is 0 Å². The summed E-state index contributed by atoms with van der Waals surface area (Å²) >= 11 is 0. The van der Waals surface area contributed by atoms with Gasteiger partial charge in [0.15, 0.2) is 5.84 Å². The third kappa shape index (κ3) is 1.86. The van der Waals surface area contributed by atoms with Gasteiger partial charge in [-0.2, -0.15) is 0 Å². The van der Waals surface area contributed by atoms with E-state index in [1.807, 2.05) is 6.92 Å². The van der Waals surface area contributed by atoms with Gasteiger partial charge in [0, 0.05) is 6.07 Å². The molecule has 0 atom stereocenters. The first-order valence-corrected chi connectivity index (χ1v) is 4.27. The normalized spacial score (nSPS) is 17.5. The minimum atomic E-state index is 0.419. The minimum Gasteiger partial charge on any atom is -0.361 e. The van der Waals surface area contributed by atoms with Crippen molar-refractivity contribution in [2.24, 2.45) is 10.8 Å². The van der Waals surface area contributed by atoms with Gasteiger partial charge >= 0.3 is 0 Å². The highest BCUT2D eigenvalue weighted by Gasteiger charge is 2.22. The quantitative estimate of drug-likeness (QED) is 0.298. The maximum Gasteiger partial charge on any atom is 0.165 e. The predicted octanol–water partition coefficient (Wildman–Crippen LogP) is 0.355. The lowest BCUT2D eigenvalue weighted by atomic mass is 10.3. The van der Waals surface area contributed by atoms with Crippen LogP contribution in [-0.2, 0) is 0 Å². The summed E-state index contributed by atoms with van der Waals surface area (Å²) in [5, 5.41) is 3.82. The molecule has 70 valence electrons. The van der Waals surface area contributed by atoms with Gasteiger partial charge in [-0.25, -0.2) is 5.84 Å². The van der Waals surface area contributed by atoms with Crippen LogP contribution in [0.25, 0.3) is 0 Å². The van der Waals surface area contributed by atoms with Crippen LogP contribution in [0.15, 0.2) is 15.6 Å². The van der Waals surface area contributed by atoms with Crippen molar-refractivity contribution in [2.45, 2.75) is 25.8 Å². The van der Waals surface area contributed by atoms with Crippen LogP contribution in [0.1, 0.15) is 24.3 Å². The Bertz CT molecular complexity index is 327. The van der Waals surface area contributed by atoms with Crippen LogP contribution in [0.2, 0.25) is 0 Å². The fraction of sp³-hybridized carbons (Fsp3) is 0.500. The Morgan fingerprint density at radius 3 is 3.00 bits per heavy atom. The maximum absolute atomic E-state index is 5.33. The van der Waals surface area contributed by atoms with Crippen molar-refractivity contribution in [3.8, 4) is 0 Å². The molecule has 1 aliphatic rings. The van der Waals surface area contributed by atoms with Gasteiger partial charge in [0.05, 0.1) is 6.04 Å². The number of aliphatic imine (C=N–C) groups is 1. The molecule has 1 aromatic heterocycles. The Morgan fingerprint density at radius 2 is 2.54 bits per heavy atom. The summed E-state index contributed by atoms with van der Waals surface area (Å²) < 4.78 is 4.92. The first-order chi connectivity index (χ1) is 6.29. The number of nitrogens with two attached hydrogens (primary N) is 1. The van der Waals surface area contributed by atoms with Gasteiger partial charge in [-0.1, -0.05) is 5.16 Å². The highest BCUT2D eigenvalue weighted by Crippen LogP contribution is 2.23. The average molecular weight is 180 g/mol. The summed E-state index contributed by atoms with van der Waals surface area (Å²) in [5.41, 5.74) is 3.20. The molecule has 0 unspecified atom stereocenters. The summed E-state index contributed by atoms with van der Waals surface area (Å²) in [6.45, 7) is 1.84. The SMILES string of the molecule is Cc1cc(C(=NC2CC2)NN)no1. The summed E-state index contributed by atoms with van der Waals surface area (Å²) in [6.07, 6.45) is 2.28. The van der Waals surface area contributed by atoms with Crippen molar-refractivity contribution in [3.05, 3.63) is 17.5 Å². The average Bonchev–Trinajstić information content (AvgIpc) is 2.84. The van der Waals surface area contributed by atoms with Crippen LogP contribution < -0.4 is 11.3 Å². The highest BCUT2D eigenvalue weighted by molar-refractivity contribution is 5.96. The lowest BCUT2D eigenvalue weighted by Gasteiger charge is -1.99. The van der Waals surface area contributed by atoms with Crippen LogP contribution in [0.4, 0.5) is 0 Å². The zero-order chi connectivity index (χ0) is 9.26. The van der Waals surface area contributed by atoms with E-state index in [1.165, 1.54) is 0 Å². The number of nitrogens with zero attached hydrogens (tertiary/aromatic N) is 2. The number of aromatic nitrogens is 1. The van der Waals surface area contributed by atoms with Crippen LogP contribution in [0, 0.1) is 6.92 Å². The molecule has 0 amide bonds. The van der Waals surface area contributed by atoms with Gasteiger partial charge in [0.1, 0.15) is 11.5 Å². The van der Waals surface area contributed by atoms with Gasteiger partial charge in [-0.3, -0.25) is 4.99 Å². The Balaban J connectivity index is 2.20. The molecule has 5 heteroatoms. The second-order valence-corrected chi connectivity index (χ2v) is 3.18. The number of rotatable bonds is 2. The van der Waals surface area contributed by atoms with Gasteiger partial charge in [-0.15, -0.1) is 0 Å². The van der Waals surface area contributed by atoms with Gasteiger partial charge in [0.25, 0.3) is 0 Å². The Morgan fingerprint density at radius 1 is 1.77 bits per heavy atom. The fourth-order valence-electron chi connectivity index (χ4n) is 1.04. The monoisotopic (exact) mass is 180 g/mol. The highest BCUT2D eigenvalue weighted by atomic mass is 16.5. The molecule has 0 radical (unpaired) electrons. The molecular weight excluding hydrogens is 168 g/mol. The van der Waals surface area contributed by atoms with E-state index in [1.54, 1.807) is 6.07 Å². The smallest absolute Gasteiger partial charge is 0.165 e. The third-order valence-corrected chi connectivity index (χ3v) is 1.87. The molecule has 0 spiro atoms. The number of nitrogens with one attached hydrogen (secondary N) is 1. The van der Waals surface area contributed by atoms with Crippen molar-refractivity contribution >= 4 is 5.84 Å². The van der Waals surface area contributed by atoms with E-state index in [2.05, 4.69) is 15.6 Å². The summed E-state index contributed by atoms with van der Waals surface area (Å²) in [6, 6.07) is 2.23. The summed E-state index contributed by atoms with van der Waals surface area (Å²) in [7, 11) is 0.